The number of benzene rings is 1. The molecular formula is C20H29IN4O. The van der Waals surface area contributed by atoms with Crippen molar-refractivity contribution in [2.45, 2.75) is 32.1 Å². The number of aliphatic imine (C=N–C) groups is 1. The van der Waals surface area contributed by atoms with Gasteiger partial charge in [-0.15, -0.1) is 24.0 Å². The number of hydrogen-bond donors (Lipinski definition) is 1. The van der Waals surface area contributed by atoms with Crippen LogP contribution in [-0.4, -0.2) is 50.0 Å². The summed E-state index contributed by atoms with van der Waals surface area (Å²) in [6, 6.07) is 8.09. The molecule has 1 amide bonds. The third-order valence-corrected chi connectivity index (χ3v) is 6.03. The van der Waals surface area contributed by atoms with Gasteiger partial charge in [0.25, 0.3) is 0 Å². The molecule has 0 bridgehead atoms. The highest BCUT2D eigenvalue weighted by Gasteiger charge is 2.35. The molecular weight excluding hydrogens is 439 g/mol. The third-order valence-electron chi connectivity index (χ3n) is 6.03. The summed E-state index contributed by atoms with van der Waals surface area (Å²) in [6.45, 7) is 3.69. The van der Waals surface area contributed by atoms with Gasteiger partial charge >= 0.3 is 0 Å². The third kappa shape index (κ3) is 3.85. The number of carbonyl (C=O) groups excluding carboxylic acids is 1. The number of guanidine groups is 1. The number of para-hydroxylation sites is 1. The minimum atomic E-state index is 0. The van der Waals surface area contributed by atoms with E-state index in [2.05, 4.69) is 15.2 Å². The van der Waals surface area contributed by atoms with E-state index in [1.165, 1.54) is 25.7 Å². The molecule has 1 saturated carbocycles. The van der Waals surface area contributed by atoms with Crippen LogP contribution in [0.2, 0.25) is 0 Å². The van der Waals surface area contributed by atoms with Crippen LogP contribution in [0, 0.1) is 11.8 Å². The summed E-state index contributed by atoms with van der Waals surface area (Å²) >= 11 is 0. The molecule has 2 fully saturated rings. The number of amides is 1. The van der Waals surface area contributed by atoms with E-state index in [9.17, 15) is 4.79 Å². The average Bonchev–Trinajstić information content (AvgIpc) is 3.19. The normalized spacial score (nSPS) is 25.0. The smallest absolute Gasteiger partial charge is 0.231 e. The lowest BCUT2D eigenvalue weighted by Gasteiger charge is -2.23. The van der Waals surface area contributed by atoms with E-state index in [4.69, 9.17) is 0 Å². The van der Waals surface area contributed by atoms with Crippen molar-refractivity contribution in [2.75, 3.05) is 38.1 Å². The first-order valence-corrected chi connectivity index (χ1v) is 9.60. The Morgan fingerprint density at radius 1 is 1.19 bits per heavy atom. The summed E-state index contributed by atoms with van der Waals surface area (Å²) in [5.74, 6) is 2.89. The summed E-state index contributed by atoms with van der Waals surface area (Å²) in [5.41, 5.74) is 2.21. The van der Waals surface area contributed by atoms with Crippen molar-refractivity contribution in [2.24, 2.45) is 16.8 Å². The molecule has 2 aliphatic heterocycles. The number of nitrogens with zero attached hydrogens (tertiary/aromatic N) is 3. The first kappa shape index (κ1) is 19.5. The zero-order valence-electron chi connectivity index (χ0n) is 15.5. The molecule has 1 N–H and O–H groups in total. The van der Waals surface area contributed by atoms with Crippen molar-refractivity contribution in [3.8, 4) is 0 Å². The summed E-state index contributed by atoms with van der Waals surface area (Å²) in [7, 11) is 1.86. The SMILES string of the molecule is CN=C(NCCN1C(=O)Cc2ccccc21)N1CC2CCCCC2C1.I. The average molecular weight is 468 g/mol. The molecule has 1 aromatic rings. The first-order valence-electron chi connectivity index (χ1n) is 9.60. The van der Waals surface area contributed by atoms with Crippen molar-refractivity contribution < 1.29 is 4.79 Å². The second-order valence-electron chi connectivity index (χ2n) is 7.53. The number of nitrogens with one attached hydrogen (secondary N) is 1. The number of likely N-dealkylation sites (tertiary alicyclic amines) is 1. The molecule has 1 saturated heterocycles. The van der Waals surface area contributed by atoms with Gasteiger partial charge in [-0.25, -0.2) is 0 Å². The molecule has 0 spiro atoms. The molecule has 142 valence electrons. The number of anilines is 1. The Kier molecular flexibility index (Phi) is 6.42. The van der Waals surface area contributed by atoms with Crippen LogP contribution in [0.1, 0.15) is 31.2 Å². The van der Waals surface area contributed by atoms with E-state index in [1.54, 1.807) is 0 Å². The highest BCUT2D eigenvalue weighted by molar-refractivity contribution is 14.0. The number of carbonyl (C=O) groups is 1. The van der Waals surface area contributed by atoms with Crippen LogP contribution in [0.25, 0.3) is 0 Å². The number of fused-ring (bicyclic) bond motifs is 2. The summed E-state index contributed by atoms with van der Waals surface area (Å²) < 4.78 is 0. The highest BCUT2D eigenvalue weighted by Crippen LogP contribution is 2.36. The van der Waals surface area contributed by atoms with Gasteiger partial charge in [0.05, 0.1) is 6.42 Å². The topological polar surface area (TPSA) is 47.9 Å². The van der Waals surface area contributed by atoms with Crippen LogP contribution in [0.5, 0.6) is 0 Å². The highest BCUT2D eigenvalue weighted by atomic mass is 127. The minimum Gasteiger partial charge on any atom is -0.354 e. The lowest BCUT2D eigenvalue weighted by molar-refractivity contribution is -0.117. The van der Waals surface area contributed by atoms with Gasteiger partial charge in [-0.1, -0.05) is 31.0 Å². The van der Waals surface area contributed by atoms with E-state index >= 15 is 0 Å². The van der Waals surface area contributed by atoms with Crippen LogP contribution < -0.4 is 10.2 Å². The number of halogens is 1. The van der Waals surface area contributed by atoms with Crippen molar-refractivity contribution in [1.82, 2.24) is 10.2 Å². The minimum absolute atomic E-state index is 0. The standard InChI is InChI=1S/C20H28N4O.HI/c1-21-20(23-13-16-7-2-3-8-17(16)14-23)22-10-11-24-18-9-5-4-6-15(18)12-19(24)25;/h4-6,9,16-17H,2-3,7-8,10-14H2,1H3,(H,21,22);1H. The van der Waals surface area contributed by atoms with Gasteiger partial charge in [0, 0.05) is 38.9 Å². The lowest BCUT2D eigenvalue weighted by Crippen LogP contribution is -2.44. The van der Waals surface area contributed by atoms with Gasteiger partial charge < -0.3 is 15.1 Å². The maximum absolute atomic E-state index is 12.3. The molecule has 2 unspecified atom stereocenters. The first-order chi connectivity index (χ1) is 12.3. The molecule has 5 nitrogen and oxygen atoms in total. The number of hydrogen-bond acceptors (Lipinski definition) is 2. The van der Waals surface area contributed by atoms with E-state index in [1.807, 2.05) is 36.2 Å². The van der Waals surface area contributed by atoms with Crippen LogP contribution in [0.3, 0.4) is 0 Å². The molecule has 0 radical (unpaired) electrons. The van der Waals surface area contributed by atoms with Gasteiger partial charge in [0.2, 0.25) is 5.91 Å². The maximum atomic E-state index is 12.3. The van der Waals surface area contributed by atoms with E-state index in [-0.39, 0.29) is 29.9 Å². The zero-order chi connectivity index (χ0) is 17.2. The predicted molar refractivity (Wildman–Crippen MR) is 116 cm³/mol. The van der Waals surface area contributed by atoms with Crippen LogP contribution in [0.15, 0.2) is 29.3 Å². The monoisotopic (exact) mass is 468 g/mol. The maximum Gasteiger partial charge on any atom is 0.231 e. The molecule has 26 heavy (non-hydrogen) atoms. The fraction of sp³-hybridized carbons (Fsp3) is 0.600. The Hall–Kier alpha value is -1.31. The fourth-order valence-corrected chi connectivity index (χ4v) is 4.75. The molecule has 0 aromatic heterocycles. The van der Waals surface area contributed by atoms with E-state index < -0.39 is 0 Å². The van der Waals surface area contributed by atoms with Gasteiger partial charge in [-0.3, -0.25) is 9.79 Å². The Morgan fingerprint density at radius 2 is 1.88 bits per heavy atom. The Balaban J connectivity index is 0.00000196. The fourth-order valence-electron chi connectivity index (χ4n) is 4.75. The van der Waals surface area contributed by atoms with Gasteiger partial charge in [0.1, 0.15) is 0 Å². The summed E-state index contributed by atoms with van der Waals surface area (Å²) in [6.07, 6.45) is 6.05. The number of rotatable bonds is 3. The molecule has 3 aliphatic rings. The van der Waals surface area contributed by atoms with Gasteiger partial charge in [-0.05, 0) is 36.3 Å². The van der Waals surface area contributed by atoms with Crippen molar-refractivity contribution in [1.29, 1.82) is 0 Å². The van der Waals surface area contributed by atoms with Crippen molar-refractivity contribution in [3.63, 3.8) is 0 Å². The van der Waals surface area contributed by atoms with Crippen molar-refractivity contribution in [3.05, 3.63) is 29.8 Å². The Morgan fingerprint density at radius 3 is 2.58 bits per heavy atom. The van der Waals surface area contributed by atoms with E-state index in [0.717, 1.165) is 48.7 Å². The molecule has 4 rings (SSSR count). The quantitative estimate of drug-likeness (QED) is 0.422. The van der Waals surface area contributed by atoms with Crippen molar-refractivity contribution >= 4 is 41.5 Å². The predicted octanol–water partition coefficient (Wildman–Crippen LogP) is 2.89. The Bertz CT molecular complexity index is 664. The van der Waals surface area contributed by atoms with Gasteiger partial charge in [-0.2, -0.15) is 0 Å². The summed E-state index contributed by atoms with van der Waals surface area (Å²) in [5, 5.41) is 3.48. The van der Waals surface area contributed by atoms with E-state index in [0.29, 0.717) is 13.0 Å². The Labute approximate surface area is 173 Å². The largest absolute Gasteiger partial charge is 0.354 e. The van der Waals surface area contributed by atoms with Crippen LogP contribution in [-0.2, 0) is 11.2 Å². The zero-order valence-corrected chi connectivity index (χ0v) is 17.8. The van der Waals surface area contributed by atoms with Gasteiger partial charge in [0.15, 0.2) is 5.96 Å². The lowest BCUT2D eigenvalue weighted by atomic mass is 9.82. The molecule has 2 atom stereocenters. The summed E-state index contributed by atoms with van der Waals surface area (Å²) in [4.78, 5) is 21.1. The molecule has 1 aliphatic carbocycles. The van der Waals surface area contributed by atoms with Crippen LogP contribution >= 0.6 is 24.0 Å². The molecule has 2 heterocycles. The second kappa shape index (κ2) is 8.59. The molecule has 1 aromatic carbocycles. The van der Waals surface area contributed by atoms with Crippen LogP contribution in [0.4, 0.5) is 5.69 Å². The molecule has 6 heteroatoms. The second-order valence-corrected chi connectivity index (χ2v) is 7.53.